The number of guanidine groups is 1. The lowest BCUT2D eigenvalue weighted by molar-refractivity contribution is -0.144. The molecule has 0 aliphatic heterocycles. The van der Waals surface area contributed by atoms with Gasteiger partial charge in [-0.3, -0.25) is 9.79 Å². The maximum atomic E-state index is 11.5. The molecule has 26 heavy (non-hydrogen) atoms. The maximum absolute atomic E-state index is 11.5. The molecule has 1 aromatic rings. The Labute approximate surface area is 156 Å². The molecule has 0 heterocycles. The molecular formula is C19H31N3O4. The molecule has 1 aromatic carbocycles. The summed E-state index contributed by atoms with van der Waals surface area (Å²) in [6.07, 6.45) is 0. The minimum absolute atomic E-state index is 0.00971. The third-order valence-electron chi connectivity index (χ3n) is 3.82. The van der Waals surface area contributed by atoms with E-state index in [-0.39, 0.29) is 17.9 Å². The van der Waals surface area contributed by atoms with E-state index in [0.29, 0.717) is 25.7 Å². The number of nitrogens with one attached hydrogen (secondary N) is 2. The van der Waals surface area contributed by atoms with Crippen LogP contribution in [0.1, 0.15) is 39.3 Å². The van der Waals surface area contributed by atoms with Crippen molar-refractivity contribution in [3.8, 4) is 11.5 Å². The largest absolute Gasteiger partial charge is 0.490 e. The molecular weight excluding hydrogens is 334 g/mol. The third kappa shape index (κ3) is 6.46. The van der Waals surface area contributed by atoms with Crippen molar-refractivity contribution in [3.63, 3.8) is 0 Å². The zero-order valence-electron chi connectivity index (χ0n) is 16.6. The lowest BCUT2D eigenvalue weighted by atomic mass is 10.1. The molecule has 2 atom stereocenters. The molecule has 0 fully saturated rings. The van der Waals surface area contributed by atoms with E-state index in [4.69, 9.17) is 14.2 Å². The highest BCUT2D eigenvalue weighted by molar-refractivity contribution is 5.81. The quantitative estimate of drug-likeness (QED) is 0.398. The first-order valence-electron chi connectivity index (χ1n) is 8.91. The molecule has 0 saturated carbocycles. The summed E-state index contributed by atoms with van der Waals surface area (Å²) in [6, 6.07) is 5.87. The van der Waals surface area contributed by atoms with E-state index in [1.807, 2.05) is 39.0 Å². The van der Waals surface area contributed by atoms with E-state index in [1.54, 1.807) is 14.0 Å². The second-order valence-corrected chi connectivity index (χ2v) is 5.82. The molecule has 1 rings (SSSR count). The van der Waals surface area contributed by atoms with Crippen molar-refractivity contribution in [1.29, 1.82) is 0 Å². The summed E-state index contributed by atoms with van der Waals surface area (Å²) >= 11 is 0. The van der Waals surface area contributed by atoms with Crippen LogP contribution in [-0.4, -0.2) is 45.8 Å². The number of hydrogen-bond donors (Lipinski definition) is 2. The van der Waals surface area contributed by atoms with Crippen LogP contribution in [0.2, 0.25) is 0 Å². The predicted molar refractivity (Wildman–Crippen MR) is 103 cm³/mol. The lowest BCUT2D eigenvalue weighted by Crippen LogP contribution is -2.41. The molecule has 0 aliphatic carbocycles. The van der Waals surface area contributed by atoms with Crippen molar-refractivity contribution in [1.82, 2.24) is 10.6 Å². The average Bonchev–Trinajstić information content (AvgIpc) is 2.65. The van der Waals surface area contributed by atoms with E-state index in [0.717, 1.165) is 17.1 Å². The summed E-state index contributed by atoms with van der Waals surface area (Å²) < 4.78 is 16.0. The summed E-state index contributed by atoms with van der Waals surface area (Å²) in [5.74, 6) is 1.56. The Morgan fingerprint density at radius 1 is 1.15 bits per heavy atom. The van der Waals surface area contributed by atoms with Gasteiger partial charge in [-0.25, -0.2) is 0 Å². The van der Waals surface area contributed by atoms with Crippen molar-refractivity contribution >= 4 is 11.9 Å². The third-order valence-corrected chi connectivity index (χ3v) is 3.82. The fourth-order valence-corrected chi connectivity index (χ4v) is 2.35. The minimum Gasteiger partial charge on any atom is -0.490 e. The topological polar surface area (TPSA) is 81.2 Å². The minimum atomic E-state index is -0.260. The van der Waals surface area contributed by atoms with Crippen molar-refractivity contribution in [3.05, 3.63) is 23.8 Å². The molecule has 0 amide bonds. The van der Waals surface area contributed by atoms with Crippen molar-refractivity contribution in [2.75, 3.05) is 33.9 Å². The van der Waals surface area contributed by atoms with Crippen LogP contribution in [0, 0.1) is 5.92 Å². The molecule has 146 valence electrons. The predicted octanol–water partition coefficient (Wildman–Crippen LogP) is 2.52. The van der Waals surface area contributed by atoms with Crippen LogP contribution in [-0.2, 0) is 9.53 Å². The molecule has 7 heteroatoms. The number of ether oxygens (including phenoxy) is 3. The zero-order valence-corrected chi connectivity index (χ0v) is 16.6. The Morgan fingerprint density at radius 3 is 2.38 bits per heavy atom. The van der Waals surface area contributed by atoms with Gasteiger partial charge in [0.05, 0.1) is 32.3 Å². The first-order valence-corrected chi connectivity index (χ1v) is 8.91. The first-order chi connectivity index (χ1) is 12.5. The molecule has 0 saturated heterocycles. The van der Waals surface area contributed by atoms with Gasteiger partial charge in [0, 0.05) is 13.6 Å². The average molecular weight is 365 g/mol. The summed E-state index contributed by atoms with van der Waals surface area (Å²) in [6.45, 7) is 9.31. The number of carbonyl (C=O) groups is 1. The van der Waals surface area contributed by atoms with E-state index < -0.39 is 0 Å². The molecule has 2 unspecified atom stereocenters. The number of carbonyl (C=O) groups excluding carboxylic acids is 1. The van der Waals surface area contributed by atoms with Gasteiger partial charge in [-0.05, 0) is 38.5 Å². The maximum Gasteiger partial charge on any atom is 0.310 e. The molecule has 0 spiro atoms. The molecule has 0 bridgehead atoms. The highest BCUT2D eigenvalue weighted by Gasteiger charge is 2.15. The lowest BCUT2D eigenvalue weighted by Gasteiger charge is -2.21. The van der Waals surface area contributed by atoms with Gasteiger partial charge >= 0.3 is 5.97 Å². The highest BCUT2D eigenvalue weighted by atomic mass is 16.5. The molecule has 0 aromatic heterocycles. The number of nitrogens with zero attached hydrogens (tertiary/aromatic N) is 1. The number of methoxy groups -OCH3 is 1. The van der Waals surface area contributed by atoms with E-state index in [1.165, 1.54) is 7.11 Å². The van der Waals surface area contributed by atoms with Gasteiger partial charge in [-0.15, -0.1) is 0 Å². The molecule has 2 N–H and O–H groups in total. The summed E-state index contributed by atoms with van der Waals surface area (Å²) in [7, 11) is 3.07. The monoisotopic (exact) mass is 365 g/mol. The molecule has 0 radical (unpaired) electrons. The number of benzene rings is 1. The smallest absolute Gasteiger partial charge is 0.310 e. The summed E-state index contributed by atoms with van der Waals surface area (Å²) in [5.41, 5.74) is 1.04. The second kappa shape index (κ2) is 11.2. The van der Waals surface area contributed by atoms with Crippen molar-refractivity contribution < 1.29 is 19.0 Å². The van der Waals surface area contributed by atoms with Crippen LogP contribution in [0.25, 0.3) is 0 Å². The van der Waals surface area contributed by atoms with Crippen LogP contribution < -0.4 is 20.1 Å². The van der Waals surface area contributed by atoms with Crippen LogP contribution in [0.5, 0.6) is 11.5 Å². The Bertz CT molecular complexity index is 604. The van der Waals surface area contributed by atoms with Crippen molar-refractivity contribution in [2.45, 2.75) is 33.7 Å². The normalized spacial score (nSPS) is 13.5. The van der Waals surface area contributed by atoms with E-state index in [9.17, 15) is 4.79 Å². The number of rotatable bonds is 9. The fraction of sp³-hybridized carbons (Fsp3) is 0.579. The van der Waals surface area contributed by atoms with E-state index in [2.05, 4.69) is 15.6 Å². The van der Waals surface area contributed by atoms with Gasteiger partial charge in [-0.2, -0.15) is 0 Å². The van der Waals surface area contributed by atoms with Crippen LogP contribution >= 0.6 is 0 Å². The second-order valence-electron chi connectivity index (χ2n) is 5.82. The standard InChI is InChI=1S/C19H31N3O4/c1-7-25-16-10-9-15(11-17(16)26-8-2)14(4)22-19(20-5)21-12-13(3)18(23)24-6/h9-11,13-14H,7-8,12H2,1-6H3,(H2,20,21,22). The van der Waals surface area contributed by atoms with E-state index >= 15 is 0 Å². The van der Waals surface area contributed by atoms with Gasteiger partial charge in [0.15, 0.2) is 17.5 Å². The van der Waals surface area contributed by atoms with Crippen LogP contribution in [0.4, 0.5) is 0 Å². The van der Waals surface area contributed by atoms with Crippen LogP contribution in [0.3, 0.4) is 0 Å². The van der Waals surface area contributed by atoms with Crippen LogP contribution in [0.15, 0.2) is 23.2 Å². The number of aliphatic imine (C=N–C) groups is 1. The Balaban J connectivity index is 2.76. The summed E-state index contributed by atoms with van der Waals surface area (Å²) in [4.78, 5) is 15.7. The number of hydrogen-bond acceptors (Lipinski definition) is 5. The van der Waals surface area contributed by atoms with Gasteiger partial charge < -0.3 is 24.8 Å². The SMILES string of the molecule is CCOc1ccc(C(C)NC(=NC)NCC(C)C(=O)OC)cc1OCC. The molecule has 0 aliphatic rings. The highest BCUT2D eigenvalue weighted by Crippen LogP contribution is 2.30. The van der Waals surface area contributed by atoms with Gasteiger partial charge in [0.25, 0.3) is 0 Å². The Hall–Kier alpha value is -2.44. The first kappa shape index (κ1) is 21.6. The molecule has 7 nitrogen and oxygen atoms in total. The van der Waals surface area contributed by atoms with Gasteiger partial charge in [0.1, 0.15) is 0 Å². The van der Waals surface area contributed by atoms with Crippen molar-refractivity contribution in [2.24, 2.45) is 10.9 Å². The summed E-state index contributed by atoms with van der Waals surface area (Å²) in [5, 5.41) is 6.45. The zero-order chi connectivity index (χ0) is 19.5. The fourth-order valence-electron chi connectivity index (χ4n) is 2.35. The van der Waals surface area contributed by atoms with Gasteiger partial charge in [-0.1, -0.05) is 13.0 Å². The Morgan fingerprint density at radius 2 is 1.81 bits per heavy atom. The number of esters is 1. The Kier molecular flexibility index (Phi) is 9.33. The van der Waals surface area contributed by atoms with Gasteiger partial charge in [0.2, 0.25) is 0 Å².